The van der Waals surface area contributed by atoms with Crippen LogP contribution in [0.4, 0.5) is 5.69 Å². The van der Waals surface area contributed by atoms with Gasteiger partial charge in [0.2, 0.25) is 11.8 Å². The second-order valence-corrected chi connectivity index (χ2v) is 7.57. The molecular weight excluding hydrogens is 386 g/mol. The highest BCUT2D eigenvalue weighted by Gasteiger charge is 2.18. The van der Waals surface area contributed by atoms with Crippen LogP contribution < -0.4 is 10.9 Å². The van der Waals surface area contributed by atoms with Gasteiger partial charge in [-0.1, -0.05) is 55.1 Å². The van der Waals surface area contributed by atoms with E-state index in [4.69, 9.17) is 0 Å². The Morgan fingerprint density at radius 2 is 1.76 bits per heavy atom. The monoisotopic (exact) mass is 409 g/mol. The van der Waals surface area contributed by atoms with Gasteiger partial charge in [0.25, 0.3) is 5.56 Å². The van der Waals surface area contributed by atoms with Gasteiger partial charge in [0, 0.05) is 5.69 Å². The van der Waals surface area contributed by atoms with E-state index < -0.39 is 0 Å². The molecule has 0 fully saturated rings. The standard InChI is InChI=1S/C22H23N3O3S/c1-4-17-20(27)24-22(25(21(17)28)16-11-6-5-7-12-16)29-13-18(26)23-19-14(2)9-8-10-15(19)3/h5-12,27H,4,13H2,1-3H3,(H,23,26). The number of anilines is 1. The number of thioether (sulfide) groups is 1. The number of nitrogens with zero attached hydrogens (tertiary/aromatic N) is 2. The highest BCUT2D eigenvalue weighted by molar-refractivity contribution is 7.99. The summed E-state index contributed by atoms with van der Waals surface area (Å²) >= 11 is 1.11. The van der Waals surface area contributed by atoms with Crippen LogP contribution in [0.25, 0.3) is 5.69 Å². The number of hydrogen-bond donors (Lipinski definition) is 2. The average Bonchev–Trinajstić information content (AvgIpc) is 2.70. The molecule has 0 aliphatic carbocycles. The molecule has 0 aliphatic heterocycles. The number of hydrogen-bond acceptors (Lipinski definition) is 5. The van der Waals surface area contributed by atoms with Crippen molar-refractivity contribution in [3.05, 3.63) is 75.6 Å². The predicted molar refractivity (Wildman–Crippen MR) is 116 cm³/mol. The van der Waals surface area contributed by atoms with E-state index in [2.05, 4.69) is 10.3 Å². The van der Waals surface area contributed by atoms with Gasteiger partial charge in [-0.25, -0.2) is 0 Å². The van der Waals surface area contributed by atoms with Crippen molar-refractivity contribution in [2.24, 2.45) is 0 Å². The van der Waals surface area contributed by atoms with E-state index in [0.29, 0.717) is 12.1 Å². The van der Waals surface area contributed by atoms with Gasteiger partial charge >= 0.3 is 0 Å². The van der Waals surface area contributed by atoms with Crippen LogP contribution >= 0.6 is 11.8 Å². The Hall–Kier alpha value is -3.06. The van der Waals surface area contributed by atoms with Gasteiger partial charge in [-0.3, -0.25) is 14.2 Å². The quantitative estimate of drug-likeness (QED) is 0.477. The van der Waals surface area contributed by atoms with Crippen molar-refractivity contribution in [1.29, 1.82) is 0 Å². The Labute approximate surface area is 173 Å². The molecule has 0 aliphatic rings. The SMILES string of the molecule is CCc1c(O)nc(SCC(=O)Nc2c(C)cccc2C)n(-c2ccccc2)c1=O. The van der Waals surface area contributed by atoms with E-state index in [1.165, 1.54) is 4.57 Å². The number of aromatic nitrogens is 2. The molecule has 1 heterocycles. The number of para-hydroxylation sites is 2. The van der Waals surface area contributed by atoms with E-state index >= 15 is 0 Å². The molecule has 3 rings (SSSR count). The molecule has 0 saturated carbocycles. The largest absolute Gasteiger partial charge is 0.493 e. The summed E-state index contributed by atoms with van der Waals surface area (Å²) in [5.41, 5.74) is 3.30. The van der Waals surface area contributed by atoms with Crippen molar-refractivity contribution in [2.75, 3.05) is 11.1 Å². The molecule has 1 aromatic heterocycles. The third-order valence-corrected chi connectivity index (χ3v) is 5.51. The van der Waals surface area contributed by atoms with Crippen molar-refractivity contribution >= 4 is 23.4 Å². The molecule has 0 bridgehead atoms. The maximum Gasteiger partial charge on any atom is 0.265 e. The number of carbonyl (C=O) groups is 1. The molecule has 29 heavy (non-hydrogen) atoms. The Morgan fingerprint density at radius 3 is 2.38 bits per heavy atom. The van der Waals surface area contributed by atoms with Gasteiger partial charge in [0.1, 0.15) is 0 Å². The summed E-state index contributed by atoms with van der Waals surface area (Å²) in [6.45, 7) is 5.66. The zero-order chi connectivity index (χ0) is 21.0. The molecule has 0 atom stereocenters. The predicted octanol–water partition coefficient (Wildman–Crippen LogP) is 3.85. The van der Waals surface area contributed by atoms with Gasteiger partial charge < -0.3 is 10.4 Å². The number of aromatic hydroxyl groups is 1. The normalized spacial score (nSPS) is 10.7. The summed E-state index contributed by atoms with van der Waals surface area (Å²) in [7, 11) is 0. The molecule has 0 spiro atoms. The van der Waals surface area contributed by atoms with E-state index in [0.717, 1.165) is 28.6 Å². The highest BCUT2D eigenvalue weighted by Crippen LogP contribution is 2.24. The van der Waals surface area contributed by atoms with E-state index in [-0.39, 0.29) is 33.8 Å². The van der Waals surface area contributed by atoms with Gasteiger partial charge in [-0.05, 0) is 43.5 Å². The summed E-state index contributed by atoms with van der Waals surface area (Å²) in [6.07, 6.45) is 0.364. The molecule has 1 amide bonds. The molecule has 0 radical (unpaired) electrons. The van der Waals surface area contributed by atoms with Crippen molar-refractivity contribution < 1.29 is 9.90 Å². The van der Waals surface area contributed by atoms with E-state index in [9.17, 15) is 14.7 Å². The number of carbonyl (C=O) groups excluding carboxylic acids is 1. The average molecular weight is 410 g/mol. The topological polar surface area (TPSA) is 84.2 Å². The van der Waals surface area contributed by atoms with Gasteiger partial charge in [-0.2, -0.15) is 4.98 Å². The van der Waals surface area contributed by atoms with Crippen LogP contribution in [-0.2, 0) is 11.2 Å². The summed E-state index contributed by atoms with van der Waals surface area (Å²) in [6, 6.07) is 14.9. The number of aryl methyl sites for hydroxylation is 2. The molecule has 0 saturated heterocycles. The molecule has 2 aromatic carbocycles. The first-order valence-corrected chi connectivity index (χ1v) is 10.3. The van der Waals surface area contributed by atoms with Gasteiger partial charge in [0.05, 0.1) is 17.0 Å². The third-order valence-electron chi connectivity index (χ3n) is 4.57. The number of rotatable bonds is 6. The second kappa shape index (κ2) is 8.96. The molecule has 0 unspecified atom stereocenters. The highest BCUT2D eigenvalue weighted by atomic mass is 32.2. The fourth-order valence-electron chi connectivity index (χ4n) is 3.05. The first-order valence-electron chi connectivity index (χ1n) is 9.31. The minimum atomic E-state index is -0.330. The molecule has 3 aromatic rings. The van der Waals surface area contributed by atoms with Crippen molar-refractivity contribution in [2.45, 2.75) is 32.3 Å². The van der Waals surface area contributed by atoms with Crippen molar-refractivity contribution in [3.63, 3.8) is 0 Å². The van der Waals surface area contributed by atoms with Gasteiger partial charge in [0.15, 0.2) is 5.16 Å². The van der Waals surface area contributed by atoms with Crippen LogP contribution in [0.1, 0.15) is 23.6 Å². The van der Waals surface area contributed by atoms with Crippen LogP contribution in [0.15, 0.2) is 58.5 Å². The number of amides is 1. The van der Waals surface area contributed by atoms with Crippen LogP contribution in [0.5, 0.6) is 5.88 Å². The first-order chi connectivity index (χ1) is 13.9. The van der Waals surface area contributed by atoms with Crippen LogP contribution in [0.2, 0.25) is 0 Å². The summed E-state index contributed by atoms with van der Waals surface area (Å²) in [4.78, 5) is 29.6. The maximum absolute atomic E-state index is 12.9. The van der Waals surface area contributed by atoms with Gasteiger partial charge in [-0.15, -0.1) is 0 Å². The fraction of sp³-hybridized carbons (Fsp3) is 0.227. The van der Waals surface area contributed by atoms with E-state index in [1.54, 1.807) is 19.1 Å². The Bertz CT molecular complexity index is 1070. The third kappa shape index (κ3) is 4.51. The Balaban J connectivity index is 1.89. The fourth-order valence-corrected chi connectivity index (χ4v) is 3.85. The molecule has 2 N–H and O–H groups in total. The van der Waals surface area contributed by atoms with Crippen molar-refractivity contribution in [1.82, 2.24) is 9.55 Å². The minimum Gasteiger partial charge on any atom is -0.493 e. The lowest BCUT2D eigenvalue weighted by Gasteiger charge is -2.15. The lowest BCUT2D eigenvalue weighted by molar-refractivity contribution is -0.113. The van der Waals surface area contributed by atoms with Crippen molar-refractivity contribution in [3.8, 4) is 11.6 Å². The summed E-state index contributed by atoms with van der Waals surface area (Å²) < 4.78 is 1.44. The molecule has 6 nitrogen and oxygen atoms in total. The summed E-state index contributed by atoms with van der Waals surface area (Å²) in [5.74, 6) is -0.444. The lowest BCUT2D eigenvalue weighted by Crippen LogP contribution is -2.25. The number of benzene rings is 2. The molecule has 7 heteroatoms. The Morgan fingerprint density at radius 1 is 1.10 bits per heavy atom. The summed E-state index contributed by atoms with van der Waals surface area (Å²) in [5, 5.41) is 13.4. The van der Waals surface area contributed by atoms with Crippen LogP contribution in [-0.4, -0.2) is 26.3 Å². The smallest absolute Gasteiger partial charge is 0.265 e. The zero-order valence-corrected chi connectivity index (χ0v) is 17.4. The lowest BCUT2D eigenvalue weighted by atomic mass is 10.1. The maximum atomic E-state index is 12.9. The van der Waals surface area contributed by atoms with Crippen LogP contribution in [0, 0.1) is 13.8 Å². The van der Waals surface area contributed by atoms with E-state index in [1.807, 2.05) is 50.2 Å². The Kier molecular flexibility index (Phi) is 6.39. The molecular formula is C22H23N3O3S. The second-order valence-electron chi connectivity index (χ2n) is 6.63. The first kappa shape index (κ1) is 20.7. The van der Waals surface area contributed by atoms with Crippen LogP contribution in [0.3, 0.4) is 0 Å². The minimum absolute atomic E-state index is 0.0535. The molecule has 150 valence electrons. The number of nitrogens with one attached hydrogen (secondary N) is 1. The zero-order valence-electron chi connectivity index (χ0n) is 16.6.